The lowest BCUT2D eigenvalue weighted by atomic mass is 10.0. The molecular weight excluding hydrogens is 368 g/mol. The zero-order chi connectivity index (χ0) is 19.1. The van der Waals surface area contributed by atoms with E-state index in [2.05, 4.69) is 48.7 Å². The minimum absolute atomic E-state index is 0.116. The second-order valence-electron chi connectivity index (χ2n) is 5.89. The molecule has 2 aromatic carbocycles. The van der Waals surface area contributed by atoms with E-state index in [4.69, 9.17) is 28.6 Å². The Morgan fingerprint density at radius 2 is 1.88 bits per heavy atom. The number of rotatable bonds is 6. The van der Waals surface area contributed by atoms with Gasteiger partial charge in [0.25, 0.3) is 0 Å². The van der Waals surface area contributed by atoms with Crippen LogP contribution in [-0.4, -0.2) is 17.7 Å². The van der Waals surface area contributed by atoms with E-state index in [1.807, 2.05) is 0 Å². The lowest BCUT2D eigenvalue weighted by molar-refractivity contribution is 0.0526. The van der Waals surface area contributed by atoms with Crippen LogP contribution in [0.1, 0.15) is 47.8 Å². The number of esters is 1. The highest BCUT2D eigenvalue weighted by molar-refractivity contribution is 7.80. The van der Waals surface area contributed by atoms with Crippen molar-refractivity contribution in [3.8, 4) is 0 Å². The Labute approximate surface area is 164 Å². The number of thiocarbonyl (C=S) groups is 1. The molecule has 0 aliphatic rings. The molecule has 0 heterocycles. The number of aryl methyl sites for hydroxylation is 1. The second-order valence-corrected chi connectivity index (χ2v) is 6.70. The Morgan fingerprint density at radius 1 is 1.19 bits per heavy atom. The molecule has 2 N–H and O–H groups in total. The van der Waals surface area contributed by atoms with E-state index in [0.717, 1.165) is 6.42 Å². The maximum absolute atomic E-state index is 11.8. The number of hydrogen-bond acceptors (Lipinski definition) is 3. The van der Waals surface area contributed by atoms with E-state index < -0.39 is 5.97 Å². The van der Waals surface area contributed by atoms with Gasteiger partial charge < -0.3 is 15.4 Å². The van der Waals surface area contributed by atoms with Gasteiger partial charge in [0.05, 0.1) is 23.2 Å². The van der Waals surface area contributed by atoms with Crippen LogP contribution in [0.3, 0.4) is 0 Å². The molecule has 0 aliphatic heterocycles. The molecule has 2 rings (SSSR count). The summed E-state index contributed by atoms with van der Waals surface area (Å²) in [5.41, 5.74) is 3.45. The monoisotopic (exact) mass is 390 g/mol. The molecular formula is C20H23ClN2O2S. The van der Waals surface area contributed by atoms with Crippen LogP contribution in [0.5, 0.6) is 0 Å². The number of carbonyl (C=O) groups is 1. The minimum atomic E-state index is -0.435. The largest absolute Gasteiger partial charge is 0.462 e. The quantitative estimate of drug-likeness (QED) is 0.520. The van der Waals surface area contributed by atoms with Gasteiger partial charge in [0.1, 0.15) is 0 Å². The zero-order valence-corrected chi connectivity index (χ0v) is 16.7. The molecule has 0 saturated heterocycles. The summed E-state index contributed by atoms with van der Waals surface area (Å²) in [6.07, 6.45) is 0.896. The van der Waals surface area contributed by atoms with Gasteiger partial charge in [-0.05, 0) is 56.2 Å². The van der Waals surface area contributed by atoms with Crippen molar-refractivity contribution in [2.45, 2.75) is 33.2 Å². The van der Waals surface area contributed by atoms with Gasteiger partial charge in [-0.3, -0.25) is 0 Å². The number of ether oxygens (including phenoxy) is 1. The average molecular weight is 391 g/mol. The van der Waals surface area contributed by atoms with Gasteiger partial charge in [-0.2, -0.15) is 0 Å². The molecule has 0 amide bonds. The summed E-state index contributed by atoms with van der Waals surface area (Å²) in [5, 5.41) is 7.24. The Kier molecular flexibility index (Phi) is 7.42. The van der Waals surface area contributed by atoms with Gasteiger partial charge in [0.2, 0.25) is 0 Å². The molecule has 1 atom stereocenters. The van der Waals surface area contributed by atoms with Crippen LogP contribution < -0.4 is 10.6 Å². The highest BCUT2D eigenvalue weighted by atomic mass is 35.5. The topological polar surface area (TPSA) is 50.4 Å². The third-order valence-corrected chi connectivity index (χ3v) is 4.45. The van der Waals surface area contributed by atoms with Crippen molar-refractivity contribution >= 4 is 40.6 Å². The standard InChI is InChI=1S/C20H23ClN2O2S/c1-4-18(14-8-6-13(3)7-9-14)23-20(26)22-15-10-11-16(17(21)12-15)19(24)25-5-2/h6-12,18H,4-5H2,1-3H3,(H2,22,23,26)/t18-/m0/s1. The van der Waals surface area contributed by atoms with Gasteiger partial charge in [-0.25, -0.2) is 4.79 Å². The molecule has 0 aliphatic carbocycles. The number of nitrogens with one attached hydrogen (secondary N) is 2. The molecule has 138 valence electrons. The zero-order valence-electron chi connectivity index (χ0n) is 15.1. The van der Waals surface area contributed by atoms with Crippen LogP contribution in [0.2, 0.25) is 5.02 Å². The van der Waals surface area contributed by atoms with Crippen molar-refractivity contribution in [2.24, 2.45) is 0 Å². The van der Waals surface area contributed by atoms with E-state index in [1.54, 1.807) is 25.1 Å². The summed E-state index contributed by atoms with van der Waals surface area (Å²) in [4.78, 5) is 11.8. The summed E-state index contributed by atoms with van der Waals surface area (Å²) in [7, 11) is 0. The normalized spacial score (nSPS) is 11.5. The fraction of sp³-hybridized carbons (Fsp3) is 0.300. The van der Waals surface area contributed by atoms with E-state index in [1.165, 1.54) is 11.1 Å². The van der Waals surface area contributed by atoms with Crippen LogP contribution in [-0.2, 0) is 4.74 Å². The van der Waals surface area contributed by atoms with Gasteiger partial charge >= 0.3 is 5.97 Å². The average Bonchev–Trinajstić information content (AvgIpc) is 2.60. The molecule has 0 unspecified atom stereocenters. The molecule has 2 aromatic rings. The Balaban J connectivity index is 2.03. The van der Waals surface area contributed by atoms with Crippen molar-refractivity contribution in [1.29, 1.82) is 0 Å². The highest BCUT2D eigenvalue weighted by Crippen LogP contribution is 2.22. The fourth-order valence-electron chi connectivity index (χ4n) is 2.51. The van der Waals surface area contributed by atoms with Crippen LogP contribution in [0, 0.1) is 6.92 Å². The van der Waals surface area contributed by atoms with E-state index in [0.29, 0.717) is 28.0 Å². The van der Waals surface area contributed by atoms with Gasteiger partial charge in [-0.1, -0.05) is 48.4 Å². The van der Waals surface area contributed by atoms with Crippen LogP contribution in [0.4, 0.5) is 5.69 Å². The maximum atomic E-state index is 11.8. The first-order valence-corrected chi connectivity index (χ1v) is 9.34. The van der Waals surface area contributed by atoms with E-state index >= 15 is 0 Å². The molecule has 26 heavy (non-hydrogen) atoms. The Bertz CT molecular complexity index is 778. The lowest BCUT2D eigenvalue weighted by Crippen LogP contribution is -2.32. The molecule has 6 heteroatoms. The van der Waals surface area contributed by atoms with Crippen molar-refractivity contribution in [2.75, 3.05) is 11.9 Å². The fourth-order valence-corrected chi connectivity index (χ4v) is 3.03. The smallest absolute Gasteiger partial charge is 0.339 e. The summed E-state index contributed by atoms with van der Waals surface area (Å²) >= 11 is 11.6. The first kappa shape index (κ1) is 20.2. The number of hydrogen-bond donors (Lipinski definition) is 2. The van der Waals surface area contributed by atoms with Crippen molar-refractivity contribution in [3.63, 3.8) is 0 Å². The minimum Gasteiger partial charge on any atom is -0.462 e. The van der Waals surface area contributed by atoms with E-state index in [-0.39, 0.29) is 6.04 Å². The third kappa shape index (κ3) is 5.44. The van der Waals surface area contributed by atoms with E-state index in [9.17, 15) is 4.79 Å². The van der Waals surface area contributed by atoms with Gasteiger partial charge in [0, 0.05) is 5.69 Å². The third-order valence-electron chi connectivity index (χ3n) is 3.92. The number of benzene rings is 2. The van der Waals surface area contributed by atoms with Gasteiger partial charge in [-0.15, -0.1) is 0 Å². The summed E-state index contributed by atoms with van der Waals surface area (Å²) in [6, 6.07) is 13.5. The highest BCUT2D eigenvalue weighted by Gasteiger charge is 2.13. The number of anilines is 1. The van der Waals surface area contributed by atoms with Crippen LogP contribution in [0.15, 0.2) is 42.5 Å². The SMILES string of the molecule is CCOC(=O)c1ccc(NC(=S)N[C@@H](CC)c2ccc(C)cc2)cc1Cl. The van der Waals surface area contributed by atoms with Crippen LogP contribution in [0.25, 0.3) is 0 Å². The molecule has 0 aromatic heterocycles. The molecule has 0 spiro atoms. The predicted molar refractivity (Wildman–Crippen MR) is 111 cm³/mol. The number of carbonyl (C=O) groups excluding carboxylic acids is 1. The molecule has 0 fully saturated rings. The Hall–Kier alpha value is -2.11. The summed E-state index contributed by atoms with van der Waals surface area (Å²) in [5.74, 6) is -0.435. The van der Waals surface area contributed by atoms with Crippen molar-refractivity contribution in [1.82, 2.24) is 5.32 Å². The second kappa shape index (κ2) is 9.55. The molecule has 0 bridgehead atoms. The molecule has 0 radical (unpaired) electrons. The van der Waals surface area contributed by atoms with Gasteiger partial charge in [0.15, 0.2) is 5.11 Å². The molecule has 0 saturated carbocycles. The summed E-state index contributed by atoms with van der Waals surface area (Å²) < 4.78 is 4.97. The van der Waals surface area contributed by atoms with Crippen molar-refractivity contribution in [3.05, 3.63) is 64.2 Å². The van der Waals surface area contributed by atoms with Crippen molar-refractivity contribution < 1.29 is 9.53 Å². The van der Waals surface area contributed by atoms with Crippen LogP contribution >= 0.6 is 23.8 Å². The maximum Gasteiger partial charge on any atom is 0.339 e. The first-order chi connectivity index (χ1) is 12.4. The molecule has 4 nitrogen and oxygen atoms in total. The Morgan fingerprint density at radius 3 is 2.46 bits per heavy atom. The lowest BCUT2D eigenvalue weighted by Gasteiger charge is -2.20. The predicted octanol–water partition coefficient (Wildman–Crippen LogP) is 5.26. The summed E-state index contributed by atoms with van der Waals surface area (Å²) in [6.45, 7) is 6.23. The number of halogens is 1. The first-order valence-electron chi connectivity index (χ1n) is 8.55.